The monoisotopic (exact) mass is 292 g/mol. The summed E-state index contributed by atoms with van der Waals surface area (Å²) in [6.07, 6.45) is 5.96. The lowest BCUT2D eigenvalue weighted by molar-refractivity contribution is -0.131. The zero-order chi connectivity index (χ0) is 15.5. The van der Waals surface area contributed by atoms with Crippen molar-refractivity contribution >= 4 is 5.91 Å². The molecule has 1 aromatic heterocycles. The summed E-state index contributed by atoms with van der Waals surface area (Å²) in [7, 11) is 0. The molecule has 0 aromatic carbocycles. The van der Waals surface area contributed by atoms with E-state index in [0.717, 1.165) is 43.3 Å². The molecule has 4 nitrogen and oxygen atoms in total. The van der Waals surface area contributed by atoms with Crippen LogP contribution in [-0.4, -0.2) is 28.9 Å². The number of amides is 1. The molecule has 1 aromatic rings. The first kappa shape index (κ1) is 16.1. The second kappa shape index (κ2) is 6.63. The van der Waals surface area contributed by atoms with Crippen molar-refractivity contribution in [3.05, 3.63) is 17.3 Å². The Bertz CT molecular complexity index is 477. The molecule has 0 unspecified atom stereocenters. The van der Waals surface area contributed by atoms with Gasteiger partial charge in [-0.2, -0.15) is 0 Å². The fourth-order valence-corrected chi connectivity index (χ4v) is 2.68. The number of hydrogen-bond donors (Lipinski definition) is 0. The van der Waals surface area contributed by atoms with Crippen LogP contribution < -0.4 is 0 Å². The number of likely N-dealkylation sites (tertiary alicyclic amines) is 1. The minimum Gasteiger partial charge on any atom is -0.445 e. The number of nitrogens with zero attached hydrogens (tertiary/aromatic N) is 2. The van der Waals surface area contributed by atoms with Crippen LogP contribution >= 0.6 is 0 Å². The van der Waals surface area contributed by atoms with Gasteiger partial charge in [-0.1, -0.05) is 33.6 Å². The highest BCUT2D eigenvalue weighted by atomic mass is 16.4. The Morgan fingerprint density at radius 2 is 1.81 bits per heavy atom. The molecule has 0 bridgehead atoms. The van der Waals surface area contributed by atoms with Crippen LogP contribution in [0.1, 0.15) is 70.2 Å². The van der Waals surface area contributed by atoms with Gasteiger partial charge in [-0.3, -0.25) is 4.79 Å². The number of oxazole rings is 1. The Morgan fingerprint density at radius 1 is 1.19 bits per heavy atom. The molecule has 1 fully saturated rings. The smallest absolute Gasteiger partial charge is 0.223 e. The summed E-state index contributed by atoms with van der Waals surface area (Å²) in [5.41, 5.74) is 0.834. The molecular weight excluding hydrogens is 264 g/mol. The van der Waals surface area contributed by atoms with Gasteiger partial charge in [0.15, 0.2) is 5.89 Å². The highest BCUT2D eigenvalue weighted by molar-refractivity contribution is 5.76. The molecular formula is C17H28N2O2. The quantitative estimate of drug-likeness (QED) is 0.855. The highest BCUT2D eigenvalue weighted by Gasteiger charge is 2.23. The summed E-state index contributed by atoms with van der Waals surface area (Å²) in [4.78, 5) is 18.8. The topological polar surface area (TPSA) is 46.3 Å². The van der Waals surface area contributed by atoms with E-state index in [1.54, 1.807) is 0 Å². The number of aryl methyl sites for hydroxylation is 2. The van der Waals surface area contributed by atoms with E-state index in [-0.39, 0.29) is 11.3 Å². The molecule has 21 heavy (non-hydrogen) atoms. The van der Waals surface area contributed by atoms with Gasteiger partial charge < -0.3 is 9.32 Å². The average molecular weight is 292 g/mol. The standard InChI is InChI=1S/C17H28N2O2/c1-13-14(21-16(18-13)17(2,3)4)9-10-15(20)19-11-7-5-6-8-12-19/h5-12H2,1-4H3. The lowest BCUT2D eigenvalue weighted by Crippen LogP contribution is -2.31. The van der Waals surface area contributed by atoms with Crippen molar-refractivity contribution in [2.24, 2.45) is 0 Å². The molecule has 0 aliphatic carbocycles. The van der Waals surface area contributed by atoms with Crippen LogP contribution in [0.3, 0.4) is 0 Å². The molecule has 0 radical (unpaired) electrons. The molecule has 4 heteroatoms. The Balaban J connectivity index is 1.93. The molecule has 1 aliphatic rings. The van der Waals surface area contributed by atoms with Gasteiger partial charge in [-0.05, 0) is 19.8 Å². The lowest BCUT2D eigenvalue weighted by Gasteiger charge is -2.19. The molecule has 0 atom stereocenters. The number of aromatic nitrogens is 1. The largest absolute Gasteiger partial charge is 0.445 e. The molecule has 2 heterocycles. The van der Waals surface area contributed by atoms with Crippen LogP contribution in [0.5, 0.6) is 0 Å². The lowest BCUT2D eigenvalue weighted by atomic mass is 9.97. The maximum Gasteiger partial charge on any atom is 0.223 e. The summed E-state index contributed by atoms with van der Waals surface area (Å²) in [5, 5.41) is 0. The van der Waals surface area contributed by atoms with Crippen LogP contribution in [0.2, 0.25) is 0 Å². The normalized spacial score (nSPS) is 16.9. The van der Waals surface area contributed by atoms with Crippen LogP contribution in [-0.2, 0) is 16.6 Å². The van der Waals surface area contributed by atoms with E-state index in [1.807, 2.05) is 11.8 Å². The van der Waals surface area contributed by atoms with Gasteiger partial charge in [0, 0.05) is 31.3 Å². The van der Waals surface area contributed by atoms with E-state index >= 15 is 0 Å². The van der Waals surface area contributed by atoms with Gasteiger partial charge in [0.05, 0.1) is 5.69 Å². The fraction of sp³-hybridized carbons (Fsp3) is 0.765. The summed E-state index contributed by atoms with van der Waals surface area (Å²) in [5.74, 6) is 1.88. The first-order chi connectivity index (χ1) is 9.88. The van der Waals surface area contributed by atoms with Crippen LogP contribution in [0.15, 0.2) is 4.42 Å². The van der Waals surface area contributed by atoms with E-state index in [4.69, 9.17) is 4.42 Å². The summed E-state index contributed by atoms with van der Waals surface area (Å²) in [6, 6.07) is 0. The minimum absolute atomic E-state index is 0.0855. The third-order valence-electron chi connectivity index (χ3n) is 4.06. The Hall–Kier alpha value is -1.32. The van der Waals surface area contributed by atoms with E-state index < -0.39 is 0 Å². The van der Waals surface area contributed by atoms with Crippen molar-refractivity contribution < 1.29 is 9.21 Å². The van der Waals surface area contributed by atoms with E-state index in [0.29, 0.717) is 12.8 Å². The van der Waals surface area contributed by atoms with Gasteiger partial charge >= 0.3 is 0 Å². The maximum atomic E-state index is 12.3. The van der Waals surface area contributed by atoms with Crippen molar-refractivity contribution in [2.45, 2.75) is 71.6 Å². The zero-order valence-corrected chi connectivity index (χ0v) is 13.9. The Labute approximate surface area is 127 Å². The number of carbonyl (C=O) groups excluding carboxylic acids is 1. The average Bonchev–Trinajstić information content (AvgIpc) is 2.64. The minimum atomic E-state index is -0.0855. The third-order valence-corrected chi connectivity index (χ3v) is 4.06. The van der Waals surface area contributed by atoms with E-state index in [9.17, 15) is 4.79 Å². The molecule has 1 saturated heterocycles. The van der Waals surface area contributed by atoms with Crippen molar-refractivity contribution in [2.75, 3.05) is 13.1 Å². The SMILES string of the molecule is Cc1nc(C(C)(C)C)oc1CCC(=O)N1CCCCCC1. The summed E-state index contributed by atoms with van der Waals surface area (Å²) >= 11 is 0. The zero-order valence-electron chi connectivity index (χ0n) is 13.9. The van der Waals surface area contributed by atoms with Crippen LogP contribution in [0, 0.1) is 6.92 Å². The van der Waals surface area contributed by atoms with E-state index in [2.05, 4.69) is 25.8 Å². The number of carbonyl (C=O) groups is 1. The van der Waals surface area contributed by atoms with Gasteiger partial charge in [-0.25, -0.2) is 4.98 Å². The fourth-order valence-electron chi connectivity index (χ4n) is 2.68. The van der Waals surface area contributed by atoms with Crippen LogP contribution in [0.25, 0.3) is 0 Å². The maximum absolute atomic E-state index is 12.3. The molecule has 2 rings (SSSR count). The highest BCUT2D eigenvalue weighted by Crippen LogP contribution is 2.24. The van der Waals surface area contributed by atoms with Gasteiger partial charge in [0.1, 0.15) is 5.76 Å². The van der Waals surface area contributed by atoms with Gasteiger partial charge in [0.25, 0.3) is 0 Å². The Morgan fingerprint density at radius 3 is 2.33 bits per heavy atom. The Kier molecular flexibility index (Phi) is 5.07. The second-order valence-electron chi connectivity index (χ2n) is 7.07. The first-order valence-electron chi connectivity index (χ1n) is 8.12. The summed E-state index contributed by atoms with van der Waals surface area (Å²) < 4.78 is 5.86. The first-order valence-corrected chi connectivity index (χ1v) is 8.12. The molecule has 1 amide bonds. The van der Waals surface area contributed by atoms with Crippen LogP contribution in [0.4, 0.5) is 0 Å². The van der Waals surface area contributed by atoms with Crippen molar-refractivity contribution in [1.29, 1.82) is 0 Å². The predicted octanol–water partition coefficient (Wildman–Crippen LogP) is 3.62. The number of rotatable bonds is 3. The third kappa shape index (κ3) is 4.32. The summed E-state index contributed by atoms with van der Waals surface area (Å²) in [6.45, 7) is 10.1. The van der Waals surface area contributed by atoms with Crippen molar-refractivity contribution in [3.8, 4) is 0 Å². The van der Waals surface area contributed by atoms with Crippen molar-refractivity contribution in [1.82, 2.24) is 9.88 Å². The second-order valence-corrected chi connectivity index (χ2v) is 7.07. The molecule has 0 N–H and O–H groups in total. The number of hydrogen-bond acceptors (Lipinski definition) is 3. The van der Waals surface area contributed by atoms with Gasteiger partial charge in [0.2, 0.25) is 5.91 Å². The molecule has 1 aliphatic heterocycles. The molecule has 0 saturated carbocycles. The van der Waals surface area contributed by atoms with Gasteiger partial charge in [-0.15, -0.1) is 0 Å². The van der Waals surface area contributed by atoms with Crippen molar-refractivity contribution in [3.63, 3.8) is 0 Å². The molecule has 118 valence electrons. The predicted molar refractivity (Wildman–Crippen MR) is 83.3 cm³/mol. The van der Waals surface area contributed by atoms with E-state index in [1.165, 1.54) is 12.8 Å². The molecule has 0 spiro atoms.